The van der Waals surface area contributed by atoms with Gasteiger partial charge in [0.15, 0.2) is 12.4 Å². The molecule has 1 fully saturated rings. The number of esters is 1. The number of hydrogen-bond acceptors (Lipinski definition) is 9. The van der Waals surface area contributed by atoms with E-state index in [9.17, 15) is 28.4 Å². The van der Waals surface area contributed by atoms with Gasteiger partial charge in [-0.2, -0.15) is 0 Å². The number of aromatic nitrogens is 2. The molecular weight excluding hydrogens is 476 g/mol. The summed E-state index contributed by atoms with van der Waals surface area (Å²) in [5.74, 6) is -0.568. The van der Waals surface area contributed by atoms with Gasteiger partial charge in [-0.15, -0.1) is 0 Å². The Kier molecular flexibility index (Phi) is 8.39. The number of alkyl halides is 1. The summed E-state index contributed by atoms with van der Waals surface area (Å²) in [6, 6.07) is 8.94. The van der Waals surface area contributed by atoms with Crippen LogP contribution >= 0.6 is 7.75 Å². The molecule has 1 aliphatic heterocycles. The van der Waals surface area contributed by atoms with E-state index in [-0.39, 0.29) is 5.75 Å². The summed E-state index contributed by atoms with van der Waals surface area (Å²) < 4.78 is 49.9. The molecule has 2 aromatic rings. The number of benzene rings is 1. The normalized spacial score (nSPS) is 24.0. The topological polar surface area (TPSA) is 158 Å². The number of para-hydroxylation sites is 1. The Morgan fingerprint density at radius 1 is 1.29 bits per heavy atom. The van der Waals surface area contributed by atoms with Crippen LogP contribution in [0.4, 0.5) is 4.39 Å². The van der Waals surface area contributed by atoms with Crippen LogP contribution in [-0.2, 0) is 23.4 Å². The number of rotatable bonds is 10. The standard InChI is InChI=1S/C20H25FN3O9P/c1-12(2)31-16(26)10-22-34(29,33-13-6-4-3-5-7-13)30-11-14-17(21)18(27)19(32-14)24-9-8-15(25)23-20(24)28/h3-9,12,14,17-19,27H,10-11H2,1-2H3,(H,22,29)(H,23,25,28)/t14-,17+,18+,19-,34?/m1/s1. The molecule has 34 heavy (non-hydrogen) atoms. The fourth-order valence-corrected chi connectivity index (χ4v) is 4.34. The third-order valence-electron chi connectivity index (χ3n) is 4.57. The molecule has 0 saturated carbocycles. The summed E-state index contributed by atoms with van der Waals surface area (Å²) >= 11 is 0. The molecule has 3 N–H and O–H groups in total. The van der Waals surface area contributed by atoms with Crippen molar-refractivity contribution in [3.05, 3.63) is 63.4 Å². The third kappa shape index (κ3) is 6.61. The van der Waals surface area contributed by atoms with Gasteiger partial charge in [0.05, 0.1) is 12.7 Å². The number of H-pyrrole nitrogens is 1. The van der Waals surface area contributed by atoms with Crippen molar-refractivity contribution in [1.82, 2.24) is 14.6 Å². The summed E-state index contributed by atoms with van der Waals surface area (Å²) in [5, 5.41) is 12.6. The SMILES string of the molecule is CC(C)OC(=O)CNP(=O)(OC[C@H]1O[C@@H](n2ccc(=O)[nH]c2=O)[C@@H](O)[C@H]1F)Oc1ccccc1. The van der Waals surface area contributed by atoms with Gasteiger partial charge in [-0.05, 0) is 26.0 Å². The molecule has 0 amide bonds. The van der Waals surface area contributed by atoms with Crippen molar-refractivity contribution in [3.8, 4) is 5.75 Å². The number of halogens is 1. The second-order valence-corrected chi connectivity index (χ2v) is 9.34. The number of aromatic amines is 1. The first-order chi connectivity index (χ1) is 16.1. The Morgan fingerprint density at radius 2 is 2.00 bits per heavy atom. The molecule has 12 nitrogen and oxygen atoms in total. The molecule has 0 radical (unpaired) electrons. The Labute approximate surface area is 193 Å². The van der Waals surface area contributed by atoms with E-state index < -0.39 is 68.8 Å². The molecule has 1 saturated heterocycles. The maximum atomic E-state index is 14.7. The summed E-state index contributed by atoms with van der Waals surface area (Å²) in [7, 11) is -4.24. The molecule has 14 heteroatoms. The molecule has 0 spiro atoms. The fraction of sp³-hybridized carbons (Fsp3) is 0.450. The number of aliphatic hydroxyl groups is 1. The number of aliphatic hydroxyl groups excluding tert-OH is 1. The van der Waals surface area contributed by atoms with Gasteiger partial charge < -0.3 is 19.1 Å². The van der Waals surface area contributed by atoms with Crippen molar-refractivity contribution in [2.45, 2.75) is 44.6 Å². The van der Waals surface area contributed by atoms with Crippen LogP contribution in [0.2, 0.25) is 0 Å². The number of nitrogens with one attached hydrogen (secondary N) is 2. The zero-order valence-corrected chi connectivity index (χ0v) is 19.2. The van der Waals surface area contributed by atoms with Gasteiger partial charge in [0.2, 0.25) is 0 Å². The molecular formula is C20H25FN3O9P. The van der Waals surface area contributed by atoms with Crippen LogP contribution in [0.25, 0.3) is 0 Å². The summed E-state index contributed by atoms with van der Waals surface area (Å²) in [4.78, 5) is 37.1. The maximum Gasteiger partial charge on any atom is 0.459 e. The van der Waals surface area contributed by atoms with Gasteiger partial charge in [0.25, 0.3) is 5.56 Å². The van der Waals surface area contributed by atoms with Gasteiger partial charge in [-0.3, -0.25) is 23.7 Å². The van der Waals surface area contributed by atoms with Gasteiger partial charge in [-0.1, -0.05) is 18.2 Å². The zero-order valence-electron chi connectivity index (χ0n) is 18.3. The van der Waals surface area contributed by atoms with E-state index in [1.807, 2.05) is 4.98 Å². The smallest absolute Gasteiger partial charge is 0.459 e. The first kappa shape index (κ1) is 25.8. The summed E-state index contributed by atoms with van der Waals surface area (Å²) in [6.07, 6.45) is -6.07. The predicted molar refractivity (Wildman–Crippen MR) is 116 cm³/mol. The lowest BCUT2D eigenvalue weighted by Crippen LogP contribution is -2.36. The highest BCUT2D eigenvalue weighted by Crippen LogP contribution is 2.45. The zero-order chi connectivity index (χ0) is 24.9. The highest BCUT2D eigenvalue weighted by Gasteiger charge is 2.46. The van der Waals surface area contributed by atoms with Crippen LogP contribution in [0.15, 0.2) is 52.2 Å². The first-order valence-corrected chi connectivity index (χ1v) is 11.8. The van der Waals surface area contributed by atoms with Crippen molar-refractivity contribution < 1.29 is 37.4 Å². The predicted octanol–water partition coefficient (Wildman–Crippen LogP) is 0.878. The molecule has 5 atom stereocenters. The Balaban J connectivity index is 1.71. The quantitative estimate of drug-likeness (QED) is 0.315. The van der Waals surface area contributed by atoms with Crippen molar-refractivity contribution in [3.63, 3.8) is 0 Å². The molecule has 1 unspecified atom stereocenters. The minimum Gasteiger partial charge on any atom is -0.462 e. The van der Waals surface area contributed by atoms with Crippen LogP contribution in [0.5, 0.6) is 5.75 Å². The lowest BCUT2D eigenvalue weighted by Gasteiger charge is -2.22. The number of nitrogens with zero attached hydrogens (tertiary/aromatic N) is 1. The van der Waals surface area contributed by atoms with E-state index in [0.29, 0.717) is 0 Å². The lowest BCUT2D eigenvalue weighted by atomic mass is 10.1. The van der Waals surface area contributed by atoms with E-state index in [4.69, 9.17) is 18.5 Å². The summed E-state index contributed by atoms with van der Waals surface area (Å²) in [5.41, 5.74) is -1.58. The van der Waals surface area contributed by atoms with E-state index in [1.54, 1.807) is 32.0 Å². The molecule has 3 rings (SSSR count). The molecule has 186 valence electrons. The molecule has 1 aromatic heterocycles. The highest BCUT2D eigenvalue weighted by atomic mass is 31.2. The van der Waals surface area contributed by atoms with Crippen LogP contribution in [-0.4, -0.2) is 58.3 Å². The Morgan fingerprint density at radius 3 is 2.65 bits per heavy atom. The average molecular weight is 501 g/mol. The molecule has 0 bridgehead atoms. The van der Waals surface area contributed by atoms with E-state index in [2.05, 4.69) is 5.09 Å². The van der Waals surface area contributed by atoms with Crippen LogP contribution in [0, 0.1) is 0 Å². The number of ether oxygens (including phenoxy) is 2. The highest BCUT2D eigenvalue weighted by molar-refractivity contribution is 7.52. The second-order valence-electron chi connectivity index (χ2n) is 7.59. The monoisotopic (exact) mass is 501 g/mol. The van der Waals surface area contributed by atoms with Crippen LogP contribution in [0.3, 0.4) is 0 Å². The summed E-state index contributed by atoms with van der Waals surface area (Å²) in [6.45, 7) is 2.10. The van der Waals surface area contributed by atoms with E-state index in [1.165, 1.54) is 12.1 Å². The second kappa shape index (κ2) is 11.1. The third-order valence-corrected chi connectivity index (χ3v) is 6.06. The Hall–Kier alpha value is -2.83. The molecule has 1 aliphatic rings. The van der Waals surface area contributed by atoms with Crippen molar-refractivity contribution in [2.24, 2.45) is 0 Å². The number of carbonyl (C=O) groups excluding carboxylic acids is 1. The van der Waals surface area contributed by atoms with Crippen molar-refractivity contribution >= 4 is 13.7 Å². The van der Waals surface area contributed by atoms with Gasteiger partial charge in [0, 0.05) is 12.3 Å². The minimum atomic E-state index is -4.24. The van der Waals surface area contributed by atoms with E-state index in [0.717, 1.165) is 16.8 Å². The molecule has 0 aliphatic carbocycles. The largest absolute Gasteiger partial charge is 0.462 e. The minimum absolute atomic E-state index is 0.150. The average Bonchev–Trinajstić information content (AvgIpc) is 3.05. The first-order valence-electron chi connectivity index (χ1n) is 10.3. The number of hydrogen-bond donors (Lipinski definition) is 3. The van der Waals surface area contributed by atoms with Crippen LogP contribution < -0.4 is 20.9 Å². The van der Waals surface area contributed by atoms with Crippen molar-refractivity contribution in [2.75, 3.05) is 13.2 Å². The van der Waals surface area contributed by atoms with Gasteiger partial charge >= 0.3 is 19.4 Å². The van der Waals surface area contributed by atoms with E-state index >= 15 is 0 Å². The fourth-order valence-electron chi connectivity index (χ4n) is 3.06. The van der Waals surface area contributed by atoms with Gasteiger partial charge in [0.1, 0.15) is 24.5 Å². The van der Waals surface area contributed by atoms with Gasteiger partial charge in [-0.25, -0.2) is 18.8 Å². The lowest BCUT2D eigenvalue weighted by molar-refractivity contribution is -0.146. The molecule has 2 heterocycles. The van der Waals surface area contributed by atoms with Crippen molar-refractivity contribution in [1.29, 1.82) is 0 Å². The van der Waals surface area contributed by atoms with Crippen LogP contribution in [0.1, 0.15) is 20.1 Å². The maximum absolute atomic E-state index is 14.7. The molecule has 1 aromatic carbocycles. The number of carbonyl (C=O) groups is 1. The Bertz CT molecular complexity index is 1140.